The first kappa shape index (κ1) is 20.0. The molecule has 0 bridgehead atoms. The number of carbonyl (C=O) groups is 1. The maximum absolute atomic E-state index is 12.6. The summed E-state index contributed by atoms with van der Waals surface area (Å²) in [7, 11) is 2.00. The summed E-state index contributed by atoms with van der Waals surface area (Å²) in [6, 6.07) is -0.0124. The lowest BCUT2D eigenvalue weighted by Crippen LogP contribution is -2.38. The smallest absolute Gasteiger partial charge is 0.157 e. The molecule has 0 spiro atoms. The Balaban J connectivity index is 1.76. The zero-order valence-corrected chi connectivity index (χ0v) is 16.6. The molecular weight excluding hydrogens is 310 g/mol. The molecule has 2 aliphatic carbocycles. The van der Waals surface area contributed by atoms with Crippen LogP contribution in [-0.2, 0) is 4.79 Å². The van der Waals surface area contributed by atoms with Crippen molar-refractivity contribution in [1.82, 2.24) is 16.0 Å². The Morgan fingerprint density at radius 2 is 1.68 bits per heavy atom. The minimum atomic E-state index is -0.0124. The Bertz CT molecular complexity index is 507. The first-order chi connectivity index (χ1) is 12.1. The molecule has 0 amide bonds. The summed E-state index contributed by atoms with van der Waals surface area (Å²) in [5, 5.41) is 10.4. The first-order valence-electron chi connectivity index (χ1n) is 10.2. The number of Topliss-reactive ketones (excluding diaryl/α,β-unsaturated/α-hetero) is 1. The van der Waals surface area contributed by atoms with Crippen molar-refractivity contribution >= 4 is 5.78 Å². The van der Waals surface area contributed by atoms with E-state index in [1.807, 2.05) is 20.9 Å². The number of likely N-dealkylation sites (N-methyl/N-ethyl adjacent to an activating group) is 1. The Morgan fingerprint density at radius 1 is 1.04 bits per heavy atom. The highest BCUT2D eigenvalue weighted by Gasteiger charge is 2.24. The predicted octanol–water partition coefficient (Wildman–Crippen LogP) is 3.65. The van der Waals surface area contributed by atoms with Crippen molar-refractivity contribution in [3.05, 3.63) is 22.5 Å². The molecule has 2 rings (SSSR count). The highest BCUT2D eigenvalue weighted by atomic mass is 16.1. The van der Waals surface area contributed by atoms with E-state index in [-0.39, 0.29) is 12.0 Å². The van der Waals surface area contributed by atoms with Crippen molar-refractivity contribution in [2.45, 2.75) is 78.2 Å². The van der Waals surface area contributed by atoms with Crippen molar-refractivity contribution < 1.29 is 4.79 Å². The van der Waals surface area contributed by atoms with Gasteiger partial charge < -0.3 is 16.0 Å². The van der Waals surface area contributed by atoms with Gasteiger partial charge in [-0.1, -0.05) is 26.3 Å². The molecule has 4 heteroatoms. The van der Waals surface area contributed by atoms with Crippen LogP contribution in [0.15, 0.2) is 22.5 Å². The monoisotopic (exact) mass is 347 g/mol. The SMILES string of the molecule is CCC(NC(CCCCNC(CNC)=C1CC1)C(=O)C(C)C)=C1CC1. The van der Waals surface area contributed by atoms with E-state index < -0.39 is 0 Å². The molecule has 0 saturated heterocycles. The molecule has 25 heavy (non-hydrogen) atoms. The molecule has 3 N–H and O–H groups in total. The van der Waals surface area contributed by atoms with Crippen LogP contribution in [0.1, 0.15) is 72.1 Å². The van der Waals surface area contributed by atoms with E-state index in [0.29, 0.717) is 5.78 Å². The van der Waals surface area contributed by atoms with E-state index in [0.717, 1.165) is 38.8 Å². The minimum absolute atomic E-state index is 0.0124. The lowest BCUT2D eigenvalue weighted by atomic mass is 9.96. The number of hydrogen-bond donors (Lipinski definition) is 3. The molecular formula is C21H37N3O. The fourth-order valence-electron chi connectivity index (χ4n) is 3.28. The van der Waals surface area contributed by atoms with Crippen molar-refractivity contribution in [1.29, 1.82) is 0 Å². The third-order valence-electron chi connectivity index (χ3n) is 5.08. The summed E-state index contributed by atoms with van der Waals surface area (Å²) in [4.78, 5) is 12.6. The second-order valence-electron chi connectivity index (χ2n) is 7.72. The average Bonchev–Trinajstić information content (AvgIpc) is 3.48. The molecule has 2 fully saturated rings. The van der Waals surface area contributed by atoms with Gasteiger partial charge in [0.15, 0.2) is 5.78 Å². The molecule has 0 aromatic heterocycles. The molecule has 0 heterocycles. The van der Waals surface area contributed by atoms with Crippen LogP contribution in [0, 0.1) is 5.92 Å². The number of carbonyl (C=O) groups excluding carboxylic acids is 1. The number of rotatable bonds is 13. The molecule has 1 atom stereocenters. The van der Waals surface area contributed by atoms with Crippen LogP contribution in [0.5, 0.6) is 0 Å². The van der Waals surface area contributed by atoms with Gasteiger partial charge in [0.1, 0.15) is 0 Å². The van der Waals surface area contributed by atoms with Gasteiger partial charge >= 0.3 is 0 Å². The van der Waals surface area contributed by atoms with Crippen molar-refractivity contribution in [3.8, 4) is 0 Å². The molecule has 0 aliphatic heterocycles. The Hall–Kier alpha value is -1.29. The van der Waals surface area contributed by atoms with E-state index in [4.69, 9.17) is 0 Å². The molecule has 0 aromatic rings. The lowest BCUT2D eigenvalue weighted by Gasteiger charge is -2.22. The van der Waals surface area contributed by atoms with E-state index in [1.54, 1.807) is 5.57 Å². The van der Waals surface area contributed by atoms with E-state index in [2.05, 4.69) is 22.9 Å². The summed E-state index contributed by atoms with van der Waals surface area (Å²) in [5.41, 5.74) is 5.82. The molecule has 2 aliphatic rings. The van der Waals surface area contributed by atoms with Gasteiger partial charge in [-0.3, -0.25) is 4.79 Å². The van der Waals surface area contributed by atoms with Crippen LogP contribution in [0.4, 0.5) is 0 Å². The summed E-state index contributed by atoms with van der Waals surface area (Å²) in [6.07, 6.45) is 9.09. The molecule has 1 unspecified atom stereocenters. The van der Waals surface area contributed by atoms with Gasteiger partial charge in [0, 0.05) is 30.4 Å². The summed E-state index contributed by atoms with van der Waals surface area (Å²) in [6.45, 7) is 8.16. The number of nitrogens with one attached hydrogen (secondary N) is 3. The zero-order chi connectivity index (χ0) is 18.2. The van der Waals surface area contributed by atoms with Crippen LogP contribution in [-0.4, -0.2) is 32.0 Å². The van der Waals surface area contributed by atoms with E-state index in [9.17, 15) is 4.79 Å². The number of hydrogen-bond acceptors (Lipinski definition) is 4. The van der Waals surface area contributed by atoms with Gasteiger partial charge in [0.25, 0.3) is 0 Å². The van der Waals surface area contributed by atoms with Crippen LogP contribution in [0.3, 0.4) is 0 Å². The molecule has 0 aromatic carbocycles. The third kappa shape index (κ3) is 6.85. The summed E-state index contributed by atoms with van der Waals surface area (Å²) < 4.78 is 0. The normalized spacial score (nSPS) is 16.7. The minimum Gasteiger partial charge on any atom is -0.387 e. The topological polar surface area (TPSA) is 53.2 Å². The second kappa shape index (κ2) is 10.0. The predicted molar refractivity (Wildman–Crippen MR) is 105 cm³/mol. The summed E-state index contributed by atoms with van der Waals surface area (Å²) >= 11 is 0. The lowest BCUT2D eigenvalue weighted by molar-refractivity contribution is -0.124. The Labute approximate surface area is 153 Å². The summed E-state index contributed by atoms with van der Waals surface area (Å²) in [5.74, 6) is 0.455. The number of allylic oxidation sites excluding steroid dienone is 3. The van der Waals surface area contributed by atoms with Gasteiger partial charge in [-0.25, -0.2) is 0 Å². The van der Waals surface area contributed by atoms with Crippen LogP contribution in [0.2, 0.25) is 0 Å². The molecule has 4 nitrogen and oxygen atoms in total. The van der Waals surface area contributed by atoms with Crippen molar-refractivity contribution in [3.63, 3.8) is 0 Å². The fraction of sp³-hybridized carbons (Fsp3) is 0.762. The standard InChI is InChI=1S/C21H37N3O/c1-5-18(16-9-10-16)24-19(21(25)15(2)3)8-6-7-13-23-20(14-22-4)17-11-12-17/h15,19,22-24H,5-14H2,1-4H3. The largest absolute Gasteiger partial charge is 0.387 e. The van der Waals surface area contributed by atoms with Gasteiger partial charge in [0.2, 0.25) is 0 Å². The van der Waals surface area contributed by atoms with Gasteiger partial charge in [0.05, 0.1) is 6.04 Å². The first-order valence-corrected chi connectivity index (χ1v) is 10.2. The molecule has 0 radical (unpaired) electrons. The Morgan fingerprint density at radius 3 is 2.20 bits per heavy atom. The van der Waals surface area contributed by atoms with E-state index in [1.165, 1.54) is 42.7 Å². The van der Waals surface area contributed by atoms with Gasteiger partial charge in [-0.05, 0) is 64.0 Å². The molecule has 142 valence electrons. The van der Waals surface area contributed by atoms with Gasteiger partial charge in [-0.15, -0.1) is 0 Å². The zero-order valence-electron chi connectivity index (χ0n) is 16.6. The average molecular weight is 348 g/mol. The maximum Gasteiger partial charge on any atom is 0.157 e. The second-order valence-corrected chi connectivity index (χ2v) is 7.72. The Kier molecular flexibility index (Phi) is 8.01. The van der Waals surface area contributed by atoms with Crippen LogP contribution in [0.25, 0.3) is 0 Å². The van der Waals surface area contributed by atoms with Crippen molar-refractivity contribution in [2.75, 3.05) is 20.1 Å². The highest BCUT2D eigenvalue weighted by Crippen LogP contribution is 2.32. The van der Waals surface area contributed by atoms with Crippen LogP contribution < -0.4 is 16.0 Å². The fourth-order valence-corrected chi connectivity index (χ4v) is 3.28. The maximum atomic E-state index is 12.6. The quantitative estimate of drug-likeness (QED) is 0.445. The van der Waals surface area contributed by atoms with Crippen molar-refractivity contribution in [2.24, 2.45) is 5.92 Å². The van der Waals surface area contributed by atoms with Gasteiger partial charge in [-0.2, -0.15) is 0 Å². The number of ketones is 1. The molecule has 2 saturated carbocycles. The van der Waals surface area contributed by atoms with Crippen LogP contribution >= 0.6 is 0 Å². The highest BCUT2D eigenvalue weighted by molar-refractivity contribution is 5.85. The third-order valence-corrected chi connectivity index (χ3v) is 5.08. The van der Waals surface area contributed by atoms with E-state index >= 15 is 0 Å². The number of unbranched alkanes of at least 4 members (excludes halogenated alkanes) is 1.